The van der Waals surface area contributed by atoms with Crippen LogP contribution in [0.3, 0.4) is 0 Å². The van der Waals surface area contributed by atoms with Crippen molar-refractivity contribution in [2.75, 3.05) is 11.9 Å². The number of nitrogens with zero attached hydrogens (tertiary/aromatic N) is 2. The molecule has 5 nitrogen and oxygen atoms in total. The minimum atomic E-state index is -0.394. The Balaban J connectivity index is 1.96. The molecule has 1 fully saturated rings. The first kappa shape index (κ1) is 14.1. The molecule has 1 saturated carbocycles. The normalized spacial score (nSPS) is 14.0. The van der Waals surface area contributed by atoms with E-state index in [1.807, 2.05) is 30.5 Å². The minimum Gasteiger partial charge on any atom is -0.461 e. The Morgan fingerprint density at radius 3 is 3.00 bits per heavy atom. The van der Waals surface area contributed by atoms with E-state index in [9.17, 15) is 4.79 Å². The molecule has 0 unspecified atom stereocenters. The first-order chi connectivity index (χ1) is 10.2. The highest BCUT2D eigenvalue weighted by atomic mass is 79.9. The summed E-state index contributed by atoms with van der Waals surface area (Å²) in [6, 6.07) is 8.20. The van der Waals surface area contributed by atoms with Crippen LogP contribution in [0.25, 0.3) is 5.69 Å². The number of carbonyl (C=O) groups is 1. The van der Waals surface area contributed by atoms with E-state index in [0.717, 1.165) is 28.7 Å². The average molecular weight is 350 g/mol. The Morgan fingerprint density at radius 1 is 1.52 bits per heavy atom. The summed E-state index contributed by atoms with van der Waals surface area (Å²) in [5.41, 5.74) is 1.96. The molecule has 0 spiro atoms. The quantitative estimate of drug-likeness (QED) is 0.840. The maximum atomic E-state index is 12.0. The van der Waals surface area contributed by atoms with Crippen molar-refractivity contribution in [1.29, 1.82) is 0 Å². The van der Waals surface area contributed by atoms with Gasteiger partial charge >= 0.3 is 5.97 Å². The third kappa shape index (κ3) is 3.26. The average Bonchev–Trinajstić information content (AvgIpc) is 3.16. The van der Waals surface area contributed by atoms with Crippen molar-refractivity contribution in [3.63, 3.8) is 0 Å². The molecule has 0 radical (unpaired) electrons. The second-order valence-corrected chi connectivity index (χ2v) is 5.87. The van der Waals surface area contributed by atoms with Crippen LogP contribution in [0.15, 0.2) is 34.9 Å². The molecule has 21 heavy (non-hydrogen) atoms. The second-order valence-electron chi connectivity index (χ2n) is 4.95. The van der Waals surface area contributed by atoms with Gasteiger partial charge in [0.2, 0.25) is 0 Å². The van der Waals surface area contributed by atoms with Gasteiger partial charge in [-0.3, -0.25) is 0 Å². The Hall–Kier alpha value is -1.82. The van der Waals surface area contributed by atoms with E-state index in [1.165, 1.54) is 0 Å². The Kier molecular flexibility index (Phi) is 3.96. The summed E-state index contributed by atoms with van der Waals surface area (Å²) in [4.78, 5) is 12.0. The summed E-state index contributed by atoms with van der Waals surface area (Å²) in [6.45, 7) is 2.13. The number of esters is 1. The van der Waals surface area contributed by atoms with Crippen LogP contribution in [0.5, 0.6) is 0 Å². The van der Waals surface area contributed by atoms with Gasteiger partial charge < -0.3 is 10.1 Å². The molecule has 110 valence electrons. The van der Waals surface area contributed by atoms with Crippen LogP contribution in [0.1, 0.15) is 30.3 Å². The largest absolute Gasteiger partial charge is 0.461 e. The van der Waals surface area contributed by atoms with E-state index < -0.39 is 5.97 Å². The van der Waals surface area contributed by atoms with Gasteiger partial charge in [-0.1, -0.05) is 22.0 Å². The van der Waals surface area contributed by atoms with E-state index in [1.54, 1.807) is 11.6 Å². The van der Waals surface area contributed by atoms with Crippen LogP contribution in [0.4, 0.5) is 5.69 Å². The maximum absolute atomic E-state index is 12.0. The van der Waals surface area contributed by atoms with Crippen LogP contribution in [-0.4, -0.2) is 28.4 Å². The van der Waals surface area contributed by atoms with Crippen molar-refractivity contribution >= 4 is 27.6 Å². The van der Waals surface area contributed by atoms with Gasteiger partial charge in [0, 0.05) is 10.5 Å². The monoisotopic (exact) mass is 349 g/mol. The number of carbonyl (C=O) groups excluding carboxylic acids is 1. The van der Waals surface area contributed by atoms with Gasteiger partial charge in [-0.2, -0.15) is 5.10 Å². The highest BCUT2D eigenvalue weighted by Gasteiger charge is 2.26. The summed E-state index contributed by atoms with van der Waals surface area (Å²) in [5.74, 6) is -0.394. The first-order valence-electron chi connectivity index (χ1n) is 6.96. The SMILES string of the molecule is CCOC(=O)c1nn(-c2cccc(Br)c2)cc1NC1CC1. The molecule has 0 amide bonds. The van der Waals surface area contributed by atoms with Crippen molar-refractivity contribution in [2.45, 2.75) is 25.8 Å². The number of hydrogen-bond acceptors (Lipinski definition) is 4. The topological polar surface area (TPSA) is 56.1 Å². The van der Waals surface area contributed by atoms with Gasteiger partial charge in [0.05, 0.1) is 24.2 Å². The lowest BCUT2D eigenvalue weighted by Crippen LogP contribution is -2.10. The lowest BCUT2D eigenvalue weighted by molar-refractivity contribution is 0.0520. The van der Waals surface area contributed by atoms with Crippen molar-refractivity contribution in [3.05, 3.63) is 40.6 Å². The van der Waals surface area contributed by atoms with Crippen LogP contribution in [-0.2, 0) is 4.74 Å². The zero-order chi connectivity index (χ0) is 14.8. The minimum absolute atomic E-state index is 0.337. The molecular weight excluding hydrogens is 334 g/mol. The van der Waals surface area contributed by atoms with E-state index in [4.69, 9.17) is 4.74 Å². The Morgan fingerprint density at radius 2 is 2.33 bits per heavy atom. The summed E-state index contributed by atoms with van der Waals surface area (Å²) in [7, 11) is 0. The lowest BCUT2D eigenvalue weighted by Gasteiger charge is -2.03. The van der Waals surface area contributed by atoms with Gasteiger partial charge in [0.1, 0.15) is 0 Å². The third-order valence-corrected chi connectivity index (χ3v) is 3.69. The summed E-state index contributed by atoms with van der Waals surface area (Å²) in [6.07, 6.45) is 4.10. The van der Waals surface area contributed by atoms with Crippen molar-refractivity contribution in [2.24, 2.45) is 0 Å². The van der Waals surface area contributed by atoms with Gasteiger partial charge in [-0.25, -0.2) is 9.48 Å². The molecule has 0 bridgehead atoms. The molecule has 1 aliphatic carbocycles. The Labute approximate surface area is 131 Å². The number of hydrogen-bond donors (Lipinski definition) is 1. The molecule has 3 rings (SSSR count). The van der Waals surface area contributed by atoms with Crippen LogP contribution in [0.2, 0.25) is 0 Å². The van der Waals surface area contributed by atoms with E-state index in [2.05, 4.69) is 26.3 Å². The Bertz CT molecular complexity index is 665. The van der Waals surface area contributed by atoms with Crippen molar-refractivity contribution in [3.8, 4) is 5.69 Å². The number of aromatic nitrogens is 2. The van der Waals surface area contributed by atoms with Gasteiger partial charge in [-0.05, 0) is 38.0 Å². The van der Waals surface area contributed by atoms with Crippen molar-refractivity contribution < 1.29 is 9.53 Å². The predicted octanol–water partition coefficient (Wildman–Crippen LogP) is 3.39. The smallest absolute Gasteiger partial charge is 0.361 e. The highest BCUT2D eigenvalue weighted by Crippen LogP contribution is 2.28. The number of rotatable bonds is 5. The van der Waals surface area contributed by atoms with Gasteiger partial charge in [0.25, 0.3) is 0 Å². The van der Waals surface area contributed by atoms with Crippen molar-refractivity contribution in [1.82, 2.24) is 9.78 Å². The van der Waals surface area contributed by atoms with Gasteiger partial charge in [0.15, 0.2) is 5.69 Å². The van der Waals surface area contributed by atoms with E-state index >= 15 is 0 Å². The summed E-state index contributed by atoms with van der Waals surface area (Å²) in [5, 5.41) is 7.71. The molecule has 1 heterocycles. The fraction of sp³-hybridized carbons (Fsp3) is 0.333. The number of benzene rings is 1. The highest BCUT2D eigenvalue weighted by molar-refractivity contribution is 9.10. The number of halogens is 1. The molecule has 1 aromatic carbocycles. The molecule has 1 N–H and O–H groups in total. The molecule has 1 aromatic heterocycles. The number of ether oxygens (including phenoxy) is 1. The molecule has 0 atom stereocenters. The fourth-order valence-electron chi connectivity index (χ4n) is 2.03. The third-order valence-electron chi connectivity index (χ3n) is 3.19. The molecule has 0 aliphatic heterocycles. The van der Waals surface area contributed by atoms with Crippen LogP contribution in [0, 0.1) is 0 Å². The summed E-state index contributed by atoms with van der Waals surface area (Å²) >= 11 is 3.44. The maximum Gasteiger partial charge on any atom is 0.361 e. The predicted molar refractivity (Wildman–Crippen MR) is 83.9 cm³/mol. The molecule has 1 aliphatic rings. The summed E-state index contributed by atoms with van der Waals surface area (Å²) < 4.78 is 7.74. The first-order valence-corrected chi connectivity index (χ1v) is 7.76. The molecule has 6 heteroatoms. The fourth-order valence-corrected chi connectivity index (χ4v) is 2.42. The lowest BCUT2D eigenvalue weighted by atomic mass is 10.3. The van der Waals surface area contributed by atoms with Gasteiger partial charge in [-0.15, -0.1) is 0 Å². The second kappa shape index (κ2) is 5.89. The van der Waals surface area contributed by atoms with Crippen LogP contribution >= 0.6 is 15.9 Å². The molecule has 0 saturated heterocycles. The zero-order valence-electron chi connectivity index (χ0n) is 11.7. The molecular formula is C15H16BrN3O2. The van der Waals surface area contributed by atoms with E-state index in [0.29, 0.717) is 18.3 Å². The number of anilines is 1. The standard InChI is InChI=1S/C15H16BrN3O2/c1-2-21-15(20)14-13(17-11-6-7-11)9-19(18-14)12-5-3-4-10(16)8-12/h3-5,8-9,11,17H,2,6-7H2,1H3. The number of nitrogens with one attached hydrogen (secondary N) is 1. The van der Waals surface area contributed by atoms with E-state index in [-0.39, 0.29) is 0 Å². The zero-order valence-corrected chi connectivity index (χ0v) is 13.3. The van der Waals surface area contributed by atoms with Crippen LogP contribution < -0.4 is 5.32 Å². The molecule has 2 aromatic rings.